The Morgan fingerprint density at radius 2 is 0.981 bits per heavy atom. The zero-order valence-corrected chi connectivity index (χ0v) is 36.1. The van der Waals surface area contributed by atoms with Gasteiger partial charge in [0, 0.05) is 34.0 Å². The van der Waals surface area contributed by atoms with Crippen molar-refractivity contribution in [1.82, 2.24) is 0 Å². The van der Waals surface area contributed by atoms with Gasteiger partial charge in [0.25, 0.3) is 0 Å². The minimum absolute atomic E-state index is 0. The number of rotatable bonds is 10. The fraction of sp³-hybridized carbons (Fsp3) is 0.263. The molecule has 0 atom stereocenters. The molecule has 4 aromatic carbocycles. The zero-order valence-electron chi connectivity index (χ0n) is 28.4. The number of carboxylic acids is 1. The van der Waals surface area contributed by atoms with E-state index in [9.17, 15) is 24.3 Å². The normalized spacial score (nSPS) is 10.2. The van der Waals surface area contributed by atoms with Crippen LogP contribution in [0.15, 0.2) is 72.8 Å². The van der Waals surface area contributed by atoms with Crippen molar-refractivity contribution in [3.05, 3.63) is 136 Å². The predicted octanol–water partition coefficient (Wildman–Crippen LogP) is 8.19. The summed E-state index contributed by atoms with van der Waals surface area (Å²) in [5, 5.41) is 20.4. The Kier molecular flexibility index (Phi) is 23.4. The number of aryl methyl sites for hydroxylation is 2. The molecule has 14 heteroatoms. The standard InChI is InChI=1S/C17H13Cl3O3.C16H11Cl3O3.C4H9O.CH4.K/c1-23-17(22)16-13(19)8-11(9-14(16)20)15(21)6-5-10-3-2-4-12(18)7-10;17-11-3-1-2-9(6-11)4-5-14(20)10-7-12(18)15(16(21)22)13(19)8-10;1-4(2,3)5;;/h2-4,7-9H,5-6H2,1H3;1-3,6-8H,4-5H2,(H,21,22);1-3H3;1H4;/q;;-1;;+1. The molecule has 0 heterocycles. The summed E-state index contributed by atoms with van der Waals surface area (Å²) in [6.07, 6.45) is 1.60. The van der Waals surface area contributed by atoms with Crippen molar-refractivity contribution < 1.29 is 85.5 Å². The van der Waals surface area contributed by atoms with E-state index in [1.54, 1.807) is 39.0 Å². The molecule has 0 saturated carbocycles. The molecule has 4 aromatic rings. The van der Waals surface area contributed by atoms with Gasteiger partial charge in [0.2, 0.25) is 0 Å². The van der Waals surface area contributed by atoms with E-state index in [1.807, 2.05) is 30.3 Å². The molecule has 0 aromatic heterocycles. The molecule has 4 rings (SSSR count). The molecule has 0 amide bonds. The van der Waals surface area contributed by atoms with Gasteiger partial charge >= 0.3 is 63.3 Å². The molecule has 7 nitrogen and oxygen atoms in total. The number of halogens is 6. The molecule has 0 aliphatic carbocycles. The van der Waals surface area contributed by atoms with Crippen LogP contribution in [0, 0.1) is 0 Å². The molecule has 0 aliphatic heterocycles. The Hall–Kier alpha value is -1.50. The van der Waals surface area contributed by atoms with Crippen molar-refractivity contribution in [2.45, 2.75) is 59.5 Å². The maximum absolute atomic E-state index is 12.3. The van der Waals surface area contributed by atoms with E-state index >= 15 is 0 Å². The number of hydrogen-bond acceptors (Lipinski definition) is 6. The van der Waals surface area contributed by atoms with Crippen molar-refractivity contribution >= 4 is 93.1 Å². The first-order chi connectivity index (χ1) is 23.3. The number of carbonyl (C=O) groups is 4. The summed E-state index contributed by atoms with van der Waals surface area (Å²) in [7, 11) is 1.24. The largest absolute Gasteiger partial charge is 1.00 e. The number of ether oxygens (including phenoxy) is 1. The van der Waals surface area contributed by atoms with E-state index in [2.05, 4.69) is 4.74 Å². The molecule has 0 radical (unpaired) electrons. The van der Waals surface area contributed by atoms with Crippen molar-refractivity contribution in [3.63, 3.8) is 0 Å². The first-order valence-corrected chi connectivity index (χ1v) is 17.1. The van der Waals surface area contributed by atoms with E-state index < -0.39 is 17.5 Å². The molecule has 0 unspecified atom stereocenters. The third-order valence-corrected chi connectivity index (χ3v) is 8.05. The van der Waals surface area contributed by atoms with Crippen LogP contribution in [0.4, 0.5) is 0 Å². The monoisotopic (exact) mass is 854 g/mol. The third kappa shape index (κ3) is 17.8. The molecule has 274 valence electrons. The number of Topliss-reactive ketones (excluding diaryl/α,β-unsaturated/α-hetero) is 2. The quantitative estimate of drug-likeness (QED) is 0.0971. The van der Waals surface area contributed by atoms with Crippen LogP contribution in [0.1, 0.15) is 93.6 Å². The second kappa shape index (κ2) is 24.1. The van der Waals surface area contributed by atoms with E-state index in [1.165, 1.54) is 31.4 Å². The van der Waals surface area contributed by atoms with Crippen LogP contribution >= 0.6 is 69.6 Å². The van der Waals surface area contributed by atoms with Gasteiger partial charge in [-0.2, -0.15) is 0 Å². The van der Waals surface area contributed by atoms with E-state index in [4.69, 9.17) is 74.7 Å². The molecule has 0 saturated heterocycles. The Morgan fingerprint density at radius 1 is 0.654 bits per heavy atom. The van der Waals surface area contributed by atoms with Gasteiger partial charge in [-0.3, -0.25) is 9.59 Å². The van der Waals surface area contributed by atoms with Crippen molar-refractivity contribution in [2.24, 2.45) is 0 Å². The molecule has 0 fully saturated rings. The van der Waals surface area contributed by atoms with Crippen LogP contribution in [0.25, 0.3) is 0 Å². The molecular formula is C38H37Cl6KO7. The number of aromatic carboxylic acids is 1. The van der Waals surface area contributed by atoms with Gasteiger partial charge in [0.1, 0.15) is 0 Å². The minimum Gasteiger partial charge on any atom is -0.850 e. The summed E-state index contributed by atoms with van der Waals surface area (Å²) in [6, 6.07) is 20.1. The maximum atomic E-state index is 12.3. The summed E-state index contributed by atoms with van der Waals surface area (Å²) in [5.41, 5.74) is 1.67. The fourth-order valence-corrected chi connectivity index (χ4v) is 5.87. The number of carboxylic acid groups (broad SMARTS) is 1. The summed E-state index contributed by atoms with van der Waals surface area (Å²) >= 11 is 35.6. The molecule has 0 spiro atoms. The molecular weight excluding hydrogens is 820 g/mol. The van der Waals surface area contributed by atoms with Crippen molar-refractivity contribution in [3.8, 4) is 0 Å². The second-order valence-electron chi connectivity index (χ2n) is 11.6. The zero-order chi connectivity index (χ0) is 37.8. The SMILES string of the molecule is C.CC(C)(C)[O-].COC(=O)c1c(Cl)cc(C(=O)CCc2cccc(Cl)c2)cc1Cl.O=C(CCc1cccc(Cl)c1)c1cc(Cl)c(C(=O)O)c(Cl)c1.[K+]. The molecule has 1 N–H and O–H groups in total. The van der Waals surface area contributed by atoms with Gasteiger partial charge in [-0.25, -0.2) is 9.59 Å². The summed E-state index contributed by atoms with van der Waals surface area (Å²) in [5.74, 6) is -2.16. The summed E-state index contributed by atoms with van der Waals surface area (Å²) < 4.78 is 4.61. The van der Waals surface area contributed by atoms with E-state index in [0.29, 0.717) is 34.0 Å². The van der Waals surface area contributed by atoms with Crippen LogP contribution in [-0.4, -0.2) is 41.3 Å². The number of hydrogen-bond donors (Lipinski definition) is 1. The maximum Gasteiger partial charge on any atom is 1.00 e. The third-order valence-electron chi connectivity index (χ3n) is 6.39. The topological polar surface area (TPSA) is 121 Å². The number of ketones is 2. The van der Waals surface area contributed by atoms with Crippen LogP contribution in [0.2, 0.25) is 30.1 Å². The summed E-state index contributed by atoms with van der Waals surface area (Å²) in [6.45, 7) is 4.90. The number of carbonyl (C=O) groups excluding carboxylic acids is 3. The van der Waals surface area contributed by atoms with Crippen molar-refractivity contribution in [2.75, 3.05) is 7.11 Å². The van der Waals surface area contributed by atoms with Crippen LogP contribution in [-0.2, 0) is 17.6 Å². The first kappa shape index (κ1) is 50.5. The second-order valence-corrected chi connectivity index (χ2v) is 14.1. The van der Waals surface area contributed by atoms with Crippen LogP contribution in [0.3, 0.4) is 0 Å². The Labute approximate surface area is 377 Å². The summed E-state index contributed by atoms with van der Waals surface area (Å²) in [4.78, 5) is 47.1. The van der Waals surface area contributed by atoms with Crippen LogP contribution < -0.4 is 56.5 Å². The number of esters is 1. The van der Waals surface area contributed by atoms with Gasteiger partial charge in [0.05, 0.1) is 38.3 Å². The van der Waals surface area contributed by atoms with Crippen LogP contribution in [0.5, 0.6) is 0 Å². The van der Waals surface area contributed by atoms with E-state index in [0.717, 1.165) is 11.1 Å². The minimum atomic E-state index is -1.23. The van der Waals surface area contributed by atoms with Gasteiger partial charge < -0.3 is 14.9 Å². The molecule has 0 aliphatic rings. The molecule has 0 bridgehead atoms. The smallest absolute Gasteiger partial charge is 0.850 e. The Morgan fingerprint density at radius 3 is 1.27 bits per heavy atom. The van der Waals surface area contributed by atoms with Gasteiger partial charge in [0.15, 0.2) is 11.6 Å². The van der Waals surface area contributed by atoms with E-state index in [-0.39, 0.29) is 114 Å². The van der Waals surface area contributed by atoms with Gasteiger partial charge in [-0.1, -0.05) is 122 Å². The van der Waals surface area contributed by atoms with Gasteiger partial charge in [-0.15, -0.1) is 5.60 Å². The average molecular weight is 858 g/mol. The average Bonchev–Trinajstić information content (AvgIpc) is 3.01. The Balaban J connectivity index is 0.000000856. The van der Waals surface area contributed by atoms with Crippen molar-refractivity contribution in [1.29, 1.82) is 0 Å². The molecule has 52 heavy (non-hydrogen) atoms. The first-order valence-electron chi connectivity index (χ1n) is 14.9. The fourth-order valence-electron chi connectivity index (χ4n) is 4.16. The number of methoxy groups -OCH3 is 1. The number of benzene rings is 4. The van der Waals surface area contributed by atoms with Gasteiger partial charge in [-0.05, 0) is 72.5 Å². The predicted molar refractivity (Wildman–Crippen MR) is 206 cm³/mol. The Bertz CT molecular complexity index is 1810.